The van der Waals surface area contributed by atoms with Crippen LogP contribution in [-0.4, -0.2) is 21.4 Å². The number of halogens is 1. The van der Waals surface area contributed by atoms with Crippen molar-refractivity contribution in [1.82, 2.24) is 5.32 Å². The lowest BCUT2D eigenvalue weighted by molar-refractivity contribution is 0.0936. The van der Waals surface area contributed by atoms with Gasteiger partial charge in [0, 0.05) is 5.02 Å². The number of sulfonamides is 1. The normalized spacial score (nSPS) is 12.5. The molecule has 0 aromatic heterocycles. The number of nitrogens with two attached hydrogens (primary N) is 1. The zero-order chi connectivity index (χ0) is 17.9. The molecule has 0 aliphatic rings. The molecule has 2 aromatic carbocycles. The molecule has 1 amide bonds. The molecular formula is C16H17ClN2O4S. The third kappa shape index (κ3) is 4.25. The van der Waals surface area contributed by atoms with Crippen molar-refractivity contribution in [1.29, 1.82) is 0 Å². The molecule has 0 fully saturated rings. The minimum atomic E-state index is -3.92. The van der Waals surface area contributed by atoms with Gasteiger partial charge in [0.05, 0.1) is 23.6 Å². The van der Waals surface area contributed by atoms with E-state index in [0.717, 1.165) is 5.56 Å². The van der Waals surface area contributed by atoms with Crippen molar-refractivity contribution >= 4 is 27.5 Å². The number of hydrogen-bond acceptors (Lipinski definition) is 4. The Labute approximate surface area is 145 Å². The molecule has 0 bridgehead atoms. The Morgan fingerprint density at radius 1 is 1.25 bits per heavy atom. The van der Waals surface area contributed by atoms with Gasteiger partial charge in [-0.2, -0.15) is 0 Å². The second-order valence-corrected chi connectivity index (χ2v) is 7.16. The summed E-state index contributed by atoms with van der Waals surface area (Å²) in [4.78, 5) is 12.3. The van der Waals surface area contributed by atoms with Gasteiger partial charge in [0.15, 0.2) is 0 Å². The van der Waals surface area contributed by atoms with Gasteiger partial charge in [-0.3, -0.25) is 4.79 Å². The molecule has 0 spiro atoms. The highest BCUT2D eigenvalue weighted by molar-refractivity contribution is 7.89. The van der Waals surface area contributed by atoms with Crippen molar-refractivity contribution in [2.24, 2.45) is 5.14 Å². The molecule has 0 aliphatic heterocycles. The average molecular weight is 369 g/mol. The summed E-state index contributed by atoms with van der Waals surface area (Å²) < 4.78 is 28.1. The quantitative estimate of drug-likeness (QED) is 0.846. The van der Waals surface area contributed by atoms with E-state index in [9.17, 15) is 13.2 Å². The van der Waals surface area contributed by atoms with Gasteiger partial charge in [0.1, 0.15) is 5.75 Å². The van der Waals surface area contributed by atoms with Gasteiger partial charge in [-0.15, -0.1) is 0 Å². The summed E-state index contributed by atoms with van der Waals surface area (Å²) in [5.41, 5.74) is 0.898. The highest BCUT2D eigenvalue weighted by atomic mass is 35.5. The van der Waals surface area contributed by atoms with Crippen LogP contribution in [0.5, 0.6) is 5.75 Å². The van der Waals surface area contributed by atoms with Crippen molar-refractivity contribution in [3.05, 3.63) is 58.6 Å². The Bertz CT molecular complexity index is 868. The molecule has 1 atom stereocenters. The van der Waals surface area contributed by atoms with Crippen LogP contribution in [0.2, 0.25) is 5.02 Å². The third-order valence-corrected chi connectivity index (χ3v) is 4.59. The summed E-state index contributed by atoms with van der Waals surface area (Å²) in [6, 6.07) is 10.6. The Balaban J connectivity index is 2.31. The predicted molar refractivity (Wildman–Crippen MR) is 91.7 cm³/mol. The monoisotopic (exact) mass is 368 g/mol. The molecule has 6 nitrogen and oxygen atoms in total. The van der Waals surface area contributed by atoms with Crippen LogP contribution in [0.25, 0.3) is 0 Å². The zero-order valence-electron chi connectivity index (χ0n) is 13.1. The standard InChI is InChI=1S/C16H17ClN2O4S/c1-10(11-4-3-5-12(17)8-11)19-16(20)14-9-13(24(18,21)22)6-7-15(14)23-2/h3-10H,1-2H3,(H,19,20)(H2,18,21,22). The average Bonchev–Trinajstić information content (AvgIpc) is 2.53. The SMILES string of the molecule is COc1ccc(S(N)(=O)=O)cc1C(=O)NC(C)c1cccc(Cl)c1. The van der Waals surface area contributed by atoms with Crippen LogP contribution in [0.3, 0.4) is 0 Å². The van der Waals surface area contributed by atoms with Crippen LogP contribution in [0.1, 0.15) is 28.9 Å². The first kappa shape index (κ1) is 18.3. The molecule has 128 valence electrons. The number of nitrogens with one attached hydrogen (secondary N) is 1. The Kier molecular flexibility index (Phi) is 5.48. The van der Waals surface area contributed by atoms with E-state index in [2.05, 4.69) is 5.32 Å². The highest BCUT2D eigenvalue weighted by Gasteiger charge is 2.19. The first-order valence-corrected chi connectivity index (χ1v) is 8.92. The number of carbonyl (C=O) groups is 1. The number of carbonyl (C=O) groups excluding carboxylic acids is 1. The predicted octanol–water partition coefficient (Wildman–Crippen LogP) is 2.49. The van der Waals surface area contributed by atoms with Crippen LogP contribution in [0.4, 0.5) is 0 Å². The summed E-state index contributed by atoms with van der Waals surface area (Å²) in [6.45, 7) is 1.79. The topological polar surface area (TPSA) is 98.5 Å². The number of amides is 1. The number of rotatable bonds is 5. The fraction of sp³-hybridized carbons (Fsp3) is 0.188. The summed E-state index contributed by atoms with van der Waals surface area (Å²) in [6.07, 6.45) is 0. The lowest BCUT2D eigenvalue weighted by Gasteiger charge is -2.16. The lowest BCUT2D eigenvalue weighted by Crippen LogP contribution is -2.27. The Hall–Kier alpha value is -2.09. The number of methoxy groups -OCH3 is 1. The fourth-order valence-corrected chi connectivity index (χ4v) is 2.91. The van der Waals surface area contributed by atoms with E-state index in [0.29, 0.717) is 5.02 Å². The number of primary sulfonamides is 1. The van der Waals surface area contributed by atoms with E-state index in [1.165, 1.54) is 25.3 Å². The molecule has 0 aliphatic carbocycles. The van der Waals surface area contributed by atoms with Crippen molar-refractivity contribution in [2.45, 2.75) is 17.9 Å². The maximum Gasteiger partial charge on any atom is 0.255 e. The molecule has 2 aromatic rings. The van der Waals surface area contributed by atoms with E-state index < -0.39 is 15.9 Å². The van der Waals surface area contributed by atoms with Crippen molar-refractivity contribution in [2.75, 3.05) is 7.11 Å². The van der Waals surface area contributed by atoms with E-state index in [-0.39, 0.29) is 22.3 Å². The molecule has 2 rings (SSSR count). The van der Waals surface area contributed by atoms with Crippen molar-refractivity contribution < 1.29 is 17.9 Å². The summed E-state index contributed by atoms with van der Waals surface area (Å²) in [5, 5.41) is 8.45. The maximum atomic E-state index is 12.5. The van der Waals surface area contributed by atoms with E-state index in [4.69, 9.17) is 21.5 Å². The molecule has 0 saturated heterocycles. The summed E-state index contributed by atoms with van der Waals surface area (Å²) >= 11 is 5.95. The number of benzene rings is 2. The molecule has 24 heavy (non-hydrogen) atoms. The lowest BCUT2D eigenvalue weighted by atomic mass is 10.1. The fourth-order valence-electron chi connectivity index (χ4n) is 2.18. The molecule has 3 N–H and O–H groups in total. The van der Waals surface area contributed by atoms with E-state index in [1.807, 2.05) is 6.07 Å². The van der Waals surface area contributed by atoms with Crippen LogP contribution < -0.4 is 15.2 Å². The van der Waals surface area contributed by atoms with Gasteiger partial charge in [0.2, 0.25) is 10.0 Å². The molecule has 8 heteroatoms. The highest BCUT2D eigenvalue weighted by Crippen LogP contribution is 2.23. The van der Waals surface area contributed by atoms with Crippen LogP contribution in [0.15, 0.2) is 47.4 Å². The van der Waals surface area contributed by atoms with E-state index >= 15 is 0 Å². The summed E-state index contributed by atoms with van der Waals surface area (Å²) in [7, 11) is -2.53. The van der Waals surface area contributed by atoms with Crippen LogP contribution in [-0.2, 0) is 10.0 Å². The summed E-state index contributed by atoms with van der Waals surface area (Å²) in [5.74, 6) is -0.233. The zero-order valence-corrected chi connectivity index (χ0v) is 14.7. The van der Waals surface area contributed by atoms with Crippen molar-refractivity contribution in [3.8, 4) is 5.75 Å². The van der Waals surface area contributed by atoms with Gasteiger partial charge < -0.3 is 10.1 Å². The van der Waals surface area contributed by atoms with Gasteiger partial charge in [-0.25, -0.2) is 13.6 Å². The van der Waals surface area contributed by atoms with Gasteiger partial charge in [-0.1, -0.05) is 23.7 Å². The van der Waals surface area contributed by atoms with Gasteiger partial charge >= 0.3 is 0 Å². The Morgan fingerprint density at radius 3 is 2.54 bits per heavy atom. The minimum absolute atomic E-state index is 0.0814. The molecule has 1 unspecified atom stereocenters. The molecular weight excluding hydrogens is 352 g/mol. The number of hydrogen-bond donors (Lipinski definition) is 2. The maximum absolute atomic E-state index is 12.5. The van der Waals surface area contributed by atoms with Gasteiger partial charge in [-0.05, 0) is 42.8 Å². The molecule has 0 heterocycles. The van der Waals surface area contributed by atoms with Crippen molar-refractivity contribution in [3.63, 3.8) is 0 Å². The number of ether oxygens (including phenoxy) is 1. The molecule has 0 saturated carbocycles. The minimum Gasteiger partial charge on any atom is -0.496 e. The first-order chi connectivity index (χ1) is 11.2. The largest absolute Gasteiger partial charge is 0.496 e. The van der Waals surface area contributed by atoms with Crippen LogP contribution in [0, 0.1) is 0 Å². The van der Waals surface area contributed by atoms with Crippen LogP contribution >= 0.6 is 11.6 Å². The third-order valence-electron chi connectivity index (χ3n) is 3.44. The second-order valence-electron chi connectivity index (χ2n) is 5.16. The van der Waals surface area contributed by atoms with E-state index in [1.54, 1.807) is 25.1 Å². The second kappa shape index (κ2) is 7.21. The Morgan fingerprint density at radius 2 is 1.96 bits per heavy atom. The molecule has 0 radical (unpaired) electrons. The smallest absolute Gasteiger partial charge is 0.255 e. The first-order valence-electron chi connectivity index (χ1n) is 6.99. The van der Waals surface area contributed by atoms with Gasteiger partial charge in [0.25, 0.3) is 5.91 Å².